The number of aryl methyl sites for hydroxylation is 1. The quantitative estimate of drug-likeness (QED) is 0.765. The summed E-state index contributed by atoms with van der Waals surface area (Å²) in [7, 11) is 0. The van der Waals surface area contributed by atoms with Crippen molar-refractivity contribution in [3.05, 3.63) is 64.2 Å². The smallest absolute Gasteiger partial charge is 0.290 e. The van der Waals surface area contributed by atoms with Crippen LogP contribution in [0.5, 0.6) is 0 Å². The van der Waals surface area contributed by atoms with Crippen molar-refractivity contribution in [2.75, 3.05) is 0 Å². The van der Waals surface area contributed by atoms with E-state index in [-0.39, 0.29) is 18.2 Å². The zero-order valence-electron chi connectivity index (χ0n) is 11.8. The molecule has 5 nitrogen and oxygen atoms in total. The Morgan fingerprint density at radius 2 is 2.00 bits per heavy atom. The zero-order valence-corrected chi connectivity index (χ0v) is 13.4. The SMILES string of the molecule is Cc1cc(C(=O)NCc2ccc(-c3ccc(Br)cc3)o2)on1. The van der Waals surface area contributed by atoms with Gasteiger partial charge in [0.2, 0.25) is 5.76 Å². The van der Waals surface area contributed by atoms with E-state index in [1.807, 2.05) is 36.4 Å². The standard InChI is InChI=1S/C16H13BrN2O3/c1-10-8-15(22-19-10)16(20)18-9-13-6-7-14(21-13)11-2-4-12(17)5-3-11/h2-8H,9H2,1H3,(H,18,20). The first kappa shape index (κ1) is 14.6. The molecular formula is C16H13BrN2O3. The summed E-state index contributed by atoms with van der Waals surface area (Å²) in [5.41, 5.74) is 1.65. The van der Waals surface area contributed by atoms with Crippen molar-refractivity contribution in [3.63, 3.8) is 0 Å². The molecule has 0 atom stereocenters. The number of halogens is 1. The van der Waals surface area contributed by atoms with Crippen LogP contribution in [0.1, 0.15) is 22.0 Å². The van der Waals surface area contributed by atoms with Gasteiger partial charge in [-0.25, -0.2) is 0 Å². The first-order valence-electron chi connectivity index (χ1n) is 6.68. The molecule has 0 bridgehead atoms. The molecule has 1 aromatic carbocycles. The summed E-state index contributed by atoms with van der Waals surface area (Å²) in [6.07, 6.45) is 0. The Hall–Kier alpha value is -2.34. The maximum absolute atomic E-state index is 11.9. The van der Waals surface area contributed by atoms with Crippen LogP contribution >= 0.6 is 15.9 Å². The van der Waals surface area contributed by atoms with Crippen molar-refractivity contribution in [1.29, 1.82) is 0 Å². The lowest BCUT2D eigenvalue weighted by atomic mass is 10.2. The van der Waals surface area contributed by atoms with Crippen LogP contribution in [-0.4, -0.2) is 11.1 Å². The fourth-order valence-electron chi connectivity index (χ4n) is 1.97. The minimum atomic E-state index is -0.317. The second-order valence-electron chi connectivity index (χ2n) is 4.79. The number of amides is 1. The Balaban J connectivity index is 1.64. The van der Waals surface area contributed by atoms with Crippen LogP contribution in [0.15, 0.2) is 55.9 Å². The molecule has 1 amide bonds. The summed E-state index contributed by atoms with van der Waals surface area (Å²) < 4.78 is 11.6. The van der Waals surface area contributed by atoms with Crippen molar-refractivity contribution >= 4 is 21.8 Å². The molecular weight excluding hydrogens is 348 g/mol. The first-order chi connectivity index (χ1) is 10.6. The largest absolute Gasteiger partial charge is 0.459 e. The second kappa shape index (κ2) is 6.19. The van der Waals surface area contributed by atoms with Gasteiger partial charge in [0.1, 0.15) is 11.5 Å². The highest BCUT2D eigenvalue weighted by Gasteiger charge is 2.12. The molecule has 0 spiro atoms. The Morgan fingerprint density at radius 3 is 2.68 bits per heavy atom. The number of nitrogens with one attached hydrogen (secondary N) is 1. The van der Waals surface area contributed by atoms with Crippen LogP contribution < -0.4 is 5.32 Å². The topological polar surface area (TPSA) is 68.3 Å². The number of benzene rings is 1. The molecule has 0 radical (unpaired) electrons. The molecule has 0 aliphatic heterocycles. The highest BCUT2D eigenvalue weighted by atomic mass is 79.9. The van der Waals surface area contributed by atoms with E-state index in [9.17, 15) is 4.79 Å². The fraction of sp³-hybridized carbons (Fsp3) is 0.125. The highest BCUT2D eigenvalue weighted by Crippen LogP contribution is 2.23. The Bertz CT molecular complexity index is 790. The van der Waals surface area contributed by atoms with E-state index in [1.54, 1.807) is 13.0 Å². The minimum absolute atomic E-state index is 0.192. The fourth-order valence-corrected chi connectivity index (χ4v) is 2.23. The van der Waals surface area contributed by atoms with E-state index in [4.69, 9.17) is 8.94 Å². The van der Waals surface area contributed by atoms with E-state index >= 15 is 0 Å². The summed E-state index contributed by atoms with van der Waals surface area (Å²) in [5, 5.41) is 6.41. The third kappa shape index (κ3) is 3.28. The summed E-state index contributed by atoms with van der Waals surface area (Å²) >= 11 is 3.40. The molecule has 0 saturated heterocycles. The maximum atomic E-state index is 11.9. The number of carbonyl (C=O) groups is 1. The molecule has 3 aromatic rings. The lowest BCUT2D eigenvalue weighted by Gasteiger charge is -2.00. The number of nitrogens with zero attached hydrogens (tertiary/aromatic N) is 1. The van der Waals surface area contributed by atoms with Gasteiger partial charge in [0.05, 0.1) is 12.2 Å². The van der Waals surface area contributed by atoms with E-state index in [0.29, 0.717) is 11.5 Å². The maximum Gasteiger partial charge on any atom is 0.290 e. The van der Waals surface area contributed by atoms with Gasteiger partial charge in [-0.05, 0) is 31.2 Å². The van der Waals surface area contributed by atoms with Crippen molar-refractivity contribution in [2.45, 2.75) is 13.5 Å². The number of aromatic nitrogens is 1. The summed E-state index contributed by atoms with van der Waals surface area (Å²) in [6.45, 7) is 2.05. The van der Waals surface area contributed by atoms with Gasteiger partial charge < -0.3 is 14.3 Å². The summed E-state index contributed by atoms with van der Waals surface area (Å²) in [5.74, 6) is 1.30. The molecule has 112 valence electrons. The molecule has 0 aliphatic carbocycles. The van der Waals surface area contributed by atoms with Gasteiger partial charge in [0, 0.05) is 16.1 Å². The predicted molar refractivity (Wildman–Crippen MR) is 84.3 cm³/mol. The molecule has 2 aromatic heterocycles. The number of hydrogen-bond acceptors (Lipinski definition) is 4. The van der Waals surface area contributed by atoms with Crippen LogP contribution in [-0.2, 0) is 6.54 Å². The lowest BCUT2D eigenvalue weighted by molar-refractivity contribution is 0.0911. The van der Waals surface area contributed by atoms with Gasteiger partial charge in [-0.1, -0.05) is 33.2 Å². The number of furan rings is 1. The van der Waals surface area contributed by atoms with Crippen molar-refractivity contribution in [1.82, 2.24) is 10.5 Å². The van der Waals surface area contributed by atoms with E-state index in [0.717, 1.165) is 15.8 Å². The number of carbonyl (C=O) groups excluding carboxylic acids is 1. The first-order valence-corrected chi connectivity index (χ1v) is 7.47. The van der Waals surface area contributed by atoms with Gasteiger partial charge in [-0.2, -0.15) is 0 Å². The molecule has 2 heterocycles. The average molecular weight is 361 g/mol. The van der Waals surface area contributed by atoms with E-state index in [1.165, 1.54) is 0 Å². The van der Waals surface area contributed by atoms with Crippen LogP contribution in [0.4, 0.5) is 0 Å². The van der Waals surface area contributed by atoms with Crippen molar-refractivity contribution in [3.8, 4) is 11.3 Å². The molecule has 0 unspecified atom stereocenters. The number of hydrogen-bond donors (Lipinski definition) is 1. The Labute approximate surface area is 135 Å². The van der Waals surface area contributed by atoms with Crippen LogP contribution in [0, 0.1) is 6.92 Å². The van der Waals surface area contributed by atoms with Gasteiger partial charge in [0.25, 0.3) is 5.91 Å². The van der Waals surface area contributed by atoms with E-state index in [2.05, 4.69) is 26.4 Å². The van der Waals surface area contributed by atoms with E-state index < -0.39 is 0 Å². The Morgan fingerprint density at radius 1 is 1.23 bits per heavy atom. The monoisotopic (exact) mass is 360 g/mol. The minimum Gasteiger partial charge on any atom is -0.459 e. The van der Waals surface area contributed by atoms with Gasteiger partial charge in [-0.3, -0.25) is 4.79 Å². The predicted octanol–water partition coefficient (Wildman–Crippen LogP) is 3.94. The third-order valence-electron chi connectivity index (χ3n) is 3.07. The zero-order chi connectivity index (χ0) is 15.5. The third-order valence-corrected chi connectivity index (χ3v) is 3.59. The van der Waals surface area contributed by atoms with Crippen molar-refractivity contribution in [2.24, 2.45) is 0 Å². The normalized spacial score (nSPS) is 10.6. The molecule has 6 heteroatoms. The van der Waals surface area contributed by atoms with Crippen molar-refractivity contribution < 1.29 is 13.7 Å². The van der Waals surface area contributed by atoms with Crippen LogP contribution in [0.25, 0.3) is 11.3 Å². The van der Waals surface area contributed by atoms with Crippen LogP contribution in [0.2, 0.25) is 0 Å². The van der Waals surface area contributed by atoms with Gasteiger partial charge >= 0.3 is 0 Å². The molecule has 22 heavy (non-hydrogen) atoms. The molecule has 1 N–H and O–H groups in total. The molecule has 3 rings (SSSR count). The molecule has 0 aliphatic rings. The summed E-state index contributed by atoms with van der Waals surface area (Å²) in [4.78, 5) is 11.9. The van der Waals surface area contributed by atoms with Crippen LogP contribution in [0.3, 0.4) is 0 Å². The van der Waals surface area contributed by atoms with Gasteiger partial charge in [0.15, 0.2) is 0 Å². The summed E-state index contributed by atoms with van der Waals surface area (Å²) in [6, 6.07) is 13.1. The molecule has 0 saturated carbocycles. The molecule has 0 fully saturated rings. The van der Waals surface area contributed by atoms with Gasteiger partial charge in [-0.15, -0.1) is 0 Å². The lowest BCUT2D eigenvalue weighted by Crippen LogP contribution is -2.21. The highest BCUT2D eigenvalue weighted by molar-refractivity contribution is 9.10. The average Bonchev–Trinajstić information content (AvgIpc) is 3.15. The number of rotatable bonds is 4. The Kier molecular flexibility index (Phi) is 4.11. The second-order valence-corrected chi connectivity index (χ2v) is 5.70.